The van der Waals surface area contributed by atoms with Crippen molar-refractivity contribution in [1.82, 2.24) is 9.55 Å². The lowest BCUT2D eigenvalue weighted by Gasteiger charge is -2.39. The topological polar surface area (TPSA) is 109 Å². The van der Waals surface area contributed by atoms with Gasteiger partial charge in [-0.05, 0) is 26.8 Å². The Balaban J connectivity index is 2.00. The molecule has 0 unspecified atom stereocenters. The van der Waals surface area contributed by atoms with E-state index in [2.05, 4.69) is 16.9 Å². The first kappa shape index (κ1) is 29.1. The lowest BCUT2D eigenvalue weighted by Crippen LogP contribution is -2.64. The third kappa shape index (κ3) is 6.14. The molecule has 3 atom stereocenters. The number of aromatic nitrogens is 2. The molecule has 1 aliphatic heterocycles. The van der Waals surface area contributed by atoms with Crippen molar-refractivity contribution in [2.75, 3.05) is 11.9 Å². The van der Waals surface area contributed by atoms with E-state index in [1.165, 1.54) is 18.4 Å². The number of anilines is 1. The Hall–Kier alpha value is -3.86. The van der Waals surface area contributed by atoms with E-state index in [0.717, 1.165) is 10.4 Å². The molecule has 1 aliphatic rings. The molecule has 0 radical (unpaired) electrons. The monoisotopic (exact) mass is 561 g/mol. The smallest absolute Gasteiger partial charge is 0.351 e. The fourth-order valence-corrected chi connectivity index (χ4v) is 8.84. The lowest BCUT2D eigenvalue weighted by molar-refractivity contribution is -0.154. The van der Waals surface area contributed by atoms with Gasteiger partial charge in [-0.2, -0.15) is 4.98 Å². The van der Waals surface area contributed by atoms with Gasteiger partial charge in [0, 0.05) is 25.6 Å². The van der Waals surface area contributed by atoms with E-state index >= 15 is 0 Å². The average Bonchev–Trinajstić information content (AvgIpc) is 3.15. The van der Waals surface area contributed by atoms with Crippen LogP contribution in [-0.2, 0) is 29.1 Å². The fourth-order valence-electron chi connectivity index (χ4n) is 5.02. The van der Waals surface area contributed by atoms with Gasteiger partial charge in [0.1, 0.15) is 11.9 Å². The first-order valence-electron chi connectivity index (χ1n) is 13.1. The van der Waals surface area contributed by atoms with Gasteiger partial charge in [0.25, 0.3) is 0 Å². The SMILES string of the molecule is C=C1[C@H](OC(C)=O)[C@@H](COC(C)(C)C)O[C@]1(n1ccc(NC(C)=O)nc1=O)[SiH](c1ccccc1)c1ccccc1. The molecule has 1 amide bonds. The minimum atomic E-state index is -2.62. The largest absolute Gasteiger partial charge is 0.455 e. The number of benzene rings is 2. The van der Waals surface area contributed by atoms with Gasteiger partial charge in [-0.3, -0.25) is 14.2 Å². The maximum atomic E-state index is 13.7. The van der Waals surface area contributed by atoms with E-state index in [1.54, 1.807) is 12.3 Å². The zero-order valence-corrected chi connectivity index (χ0v) is 24.6. The van der Waals surface area contributed by atoms with E-state index < -0.39 is 43.6 Å². The number of esters is 1. The summed E-state index contributed by atoms with van der Waals surface area (Å²) in [6.07, 6.45) is -0.0840. The van der Waals surface area contributed by atoms with Crippen LogP contribution in [0.4, 0.5) is 5.82 Å². The van der Waals surface area contributed by atoms with Gasteiger partial charge in [0.05, 0.1) is 12.2 Å². The van der Waals surface area contributed by atoms with Gasteiger partial charge < -0.3 is 19.5 Å². The maximum Gasteiger partial charge on any atom is 0.351 e. The number of carbonyl (C=O) groups excluding carboxylic acids is 2. The number of ether oxygens (including phenoxy) is 3. The van der Waals surface area contributed by atoms with Gasteiger partial charge in [0.2, 0.25) is 5.91 Å². The molecule has 210 valence electrons. The van der Waals surface area contributed by atoms with Gasteiger partial charge in [0.15, 0.2) is 20.2 Å². The zero-order valence-electron chi connectivity index (χ0n) is 23.4. The van der Waals surface area contributed by atoms with Crippen LogP contribution >= 0.6 is 0 Å². The van der Waals surface area contributed by atoms with Crippen molar-refractivity contribution in [3.05, 3.63) is 95.6 Å². The molecular weight excluding hydrogens is 526 g/mol. The summed E-state index contributed by atoms with van der Waals surface area (Å²) in [4.78, 5) is 41.8. The van der Waals surface area contributed by atoms with Gasteiger partial charge in [-0.25, -0.2) is 4.79 Å². The van der Waals surface area contributed by atoms with Crippen LogP contribution < -0.4 is 21.4 Å². The molecule has 0 spiro atoms. The van der Waals surface area contributed by atoms with E-state index in [-0.39, 0.29) is 18.3 Å². The normalized spacial score (nSPS) is 20.9. The summed E-state index contributed by atoms with van der Waals surface area (Å²) in [6.45, 7) is 12.9. The number of nitrogens with one attached hydrogen (secondary N) is 1. The van der Waals surface area contributed by atoms with E-state index in [9.17, 15) is 14.4 Å². The molecule has 40 heavy (non-hydrogen) atoms. The second kappa shape index (κ2) is 11.7. The standard InChI is InChI=1S/C30H35N3O6Si/c1-20-27(38-22(3)35)25(19-37-29(4,5)6)39-30(20,33-18-17-26(31-21(2)34)32-28(33)36)40(23-13-9-7-10-14-23)24-15-11-8-12-16-24/h7-18,25,27,40H,1,19H2,2-6H3,(H,31,32,34,36)/t25-,27+,30+/m1/s1. The minimum absolute atomic E-state index is 0.0963. The van der Waals surface area contributed by atoms with Crippen molar-refractivity contribution in [1.29, 1.82) is 0 Å². The summed E-state index contributed by atoms with van der Waals surface area (Å²) >= 11 is 0. The van der Waals surface area contributed by atoms with E-state index in [0.29, 0.717) is 5.57 Å². The van der Waals surface area contributed by atoms with Crippen LogP contribution in [0.1, 0.15) is 34.6 Å². The van der Waals surface area contributed by atoms with Crippen LogP contribution in [0.2, 0.25) is 0 Å². The molecule has 1 N–H and O–H groups in total. The highest BCUT2D eigenvalue weighted by Gasteiger charge is 2.59. The Morgan fingerprint density at radius 3 is 2.10 bits per heavy atom. The number of amides is 1. The second-order valence-electron chi connectivity index (χ2n) is 10.7. The third-order valence-electron chi connectivity index (χ3n) is 6.57. The summed E-state index contributed by atoms with van der Waals surface area (Å²) in [5, 5.41) is 3.08. The molecule has 1 fully saturated rings. The van der Waals surface area contributed by atoms with Gasteiger partial charge in [-0.15, -0.1) is 0 Å². The van der Waals surface area contributed by atoms with E-state index in [4.69, 9.17) is 14.2 Å². The molecule has 2 aromatic carbocycles. The van der Waals surface area contributed by atoms with Crippen molar-refractivity contribution in [2.45, 2.75) is 57.8 Å². The van der Waals surface area contributed by atoms with Gasteiger partial charge in [-0.1, -0.05) is 77.6 Å². The van der Waals surface area contributed by atoms with Crippen LogP contribution in [0.3, 0.4) is 0 Å². The molecule has 10 heteroatoms. The fraction of sp³-hybridized carbons (Fsp3) is 0.333. The summed E-state index contributed by atoms with van der Waals surface area (Å²) in [7, 11) is -2.62. The summed E-state index contributed by atoms with van der Waals surface area (Å²) in [5.41, 5.74) is -0.716. The molecule has 0 bridgehead atoms. The molecule has 1 aromatic heterocycles. The predicted molar refractivity (Wildman–Crippen MR) is 155 cm³/mol. The molecule has 2 heterocycles. The van der Waals surface area contributed by atoms with Crippen molar-refractivity contribution >= 4 is 36.9 Å². The highest BCUT2D eigenvalue weighted by atomic mass is 28.3. The first-order valence-corrected chi connectivity index (χ1v) is 14.8. The van der Waals surface area contributed by atoms with Gasteiger partial charge >= 0.3 is 11.7 Å². The molecular formula is C30H35N3O6Si. The zero-order chi connectivity index (χ0) is 29.1. The molecule has 0 saturated carbocycles. The molecule has 9 nitrogen and oxygen atoms in total. The second-order valence-corrected chi connectivity index (χ2v) is 13.7. The Labute approximate surface area is 235 Å². The average molecular weight is 562 g/mol. The Kier molecular flexibility index (Phi) is 8.53. The Bertz CT molecular complexity index is 1400. The van der Waals surface area contributed by atoms with E-state index in [1.807, 2.05) is 81.4 Å². The van der Waals surface area contributed by atoms with Crippen LogP contribution in [0.5, 0.6) is 0 Å². The van der Waals surface area contributed by atoms with Crippen LogP contribution in [0.25, 0.3) is 0 Å². The predicted octanol–water partition coefficient (Wildman–Crippen LogP) is 2.14. The Morgan fingerprint density at radius 2 is 1.62 bits per heavy atom. The van der Waals surface area contributed by atoms with Crippen molar-refractivity contribution in [3.63, 3.8) is 0 Å². The number of rotatable bonds is 8. The number of nitrogens with zero attached hydrogens (tertiary/aromatic N) is 2. The van der Waals surface area contributed by atoms with Crippen LogP contribution in [-0.4, -0.2) is 54.6 Å². The molecule has 1 saturated heterocycles. The summed E-state index contributed by atoms with van der Waals surface area (Å²) in [6, 6.07) is 21.2. The molecule has 4 rings (SSSR count). The highest BCUT2D eigenvalue weighted by molar-refractivity contribution is 6.87. The maximum absolute atomic E-state index is 13.7. The van der Waals surface area contributed by atoms with Crippen LogP contribution in [0, 0.1) is 0 Å². The quantitative estimate of drug-likeness (QED) is 0.255. The first-order chi connectivity index (χ1) is 18.9. The van der Waals surface area contributed by atoms with Crippen molar-refractivity contribution in [2.24, 2.45) is 0 Å². The summed E-state index contributed by atoms with van der Waals surface area (Å²) < 4.78 is 20.2. The Morgan fingerprint density at radius 1 is 1.05 bits per heavy atom. The number of carbonyl (C=O) groups is 2. The molecule has 3 aromatic rings. The highest BCUT2D eigenvalue weighted by Crippen LogP contribution is 2.42. The van der Waals surface area contributed by atoms with Crippen LogP contribution in [0.15, 0.2) is 89.9 Å². The molecule has 0 aliphatic carbocycles. The summed E-state index contributed by atoms with van der Waals surface area (Å²) in [5.74, 6) is -0.735. The van der Waals surface area contributed by atoms with Crippen molar-refractivity contribution in [3.8, 4) is 0 Å². The lowest BCUT2D eigenvalue weighted by atomic mass is 10.1. The third-order valence-corrected chi connectivity index (χ3v) is 10.2. The number of hydrogen-bond donors (Lipinski definition) is 1. The van der Waals surface area contributed by atoms with Crippen molar-refractivity contribution < 1.29 is 23.8 Å². The minimum Gasteiger partial charge on any atom is -0.455 e. The number of hydrogen-bond acceptors (Lipinski definition) is 7.